The number of alkyl carbamates (subject to hydrolysis) is 1. The van der Waals surface area contributed by atoms with Gasteiger partial charge < -0.3 is 14.9 Å². The third-order valence-electron chi connectivity index (χ3n) is 5.55. The van der Waals surface area contributed by atoms with Crippen LogP contribution in [0.15, 0.2) is 90.1 Å². The number of carbonyl (C=O) groups is 1. The molecule has 0 aromatic heterocycles. The molecule has 5 nitrogen and oxygen atoms in total. The van der Waals surface area contributed by atoms with Crippen LogP contribution in [0.1, 0.15) is 28.7 Å². The number of hydrogen-bond donors (Lipinski definition) is 1. The number of nitrogens with one attached hydrogen (secondary N) is 1. The van der Waals surface area contributed by atoms with Crippen LogP contribution in [0.25, 0.3) is 0 Å². The predicted octanol–water partition coefficient (Wildman–Crippen LogP) is 5.22. The Bertz CT molecular complexity index is 1030. The van der Waals surface area contributed by atoms with Crippen molar-refractivity contribution < 1.29 is 14.4 Å². The minimum absolute atomic E-state index is 0.228. The monoisotopic (exact) mass is 428 g/mol. The number of hydrogen-bond acceptors (Lipinski definition) is 4. The van der Waals surface area contributed by atoms with E-state index in [0.717, 1.165) is 23.3 Å². The number of amides is 1. The van der Waals surface area contributed by atoms with Crippen molar-refractivity contribution in [2.75, 3.05) is 0 Å². The maximum atomic E-state index is 12.6. The normalized spacial score (nSPS) is 16.0. The van der Waals surface area contributed by atoms with E-state index in [1.54, 1.807) is 0 Å². The molecule has 3 aromatic rings. The third kappa shape index (κ3) is 6.20. The van der Waals surface area contributed by atoms with Crippen LogP contribution in [0.3, 0.4) is 0 Å². The van der Waals surface area contributed by atoms with Crippen LogP contribution in [0, 0.1) is 6.92 Å². The van der Waals surface area contributed by atoms with Gasteiger partial charge in [0.15, 0.2) is 6.10 Å². The summed E-state index contributed by atoms with van der Waals surface area (Å²) < 4.78 is 5.48. The van der Waals surface area contributed by atoms with Gasteiger partial charge in [-0.15, -0.1) is 0 Å². The largest absolute Gasteiger partial charge is 0.445 e. The highest BCUT2D eigenvalue weighted by Gasteiger charge is 2.31. The van der Waals surface area contributed by atoms with Gasteiger partial charge in [-0.1, -0.05) is 95.6 Å². The summed E-state index contributed by atoms with van der Waals surface area (Å²) >= 11 is 0. The zero-order valence-electron chi connectivity index (χ0n) is 18.2. The second-order valence-corrected chi connectivity index (χ2v) is 8.17. The third-order valence-corrected chi connectivity index (χ3v) is 5.55. The van der Waals surface area contributed by atoms with Crippen molar-refractivity contribution in [3.63, 3.8) is 0 Å². The number of rotatable bonds is 8. The molecule has 0 bridgehead atoms. The Hall–Kier alpha value is -3.60. The quantitative estimate of drug-likeness (QED) is 0.535. The van der Waals surface area contributed by atoms with E-state index in [0.29, 0.717) is 12.8 Å². The van der Waals surface area contributed by atoms with Gasteiger partial charge in [-0.25, -0.2) is 4.79 Å². The lowest BCUT2D eigenvalue weighted by Gasteiger charge is -2.23. The molecule has 1 aliphatic heterocycles. The van der Waals surface area contributed by atoms with E-state index in [4.69, 9.17) is 9.57 Å². The van der Waals surface area contributed by atoms with Gasteiger partial charge in [-0.2, -0.15) is 0 Å². The molecule has 2 atom stereocenters. The predicted molar refractivity (Wildman–Crippen MR) is 126 cm³/mol. The highest BCUT2D eigenvalue weighted by Crippen LogP contribution is 2.20. The van der Waals surface area contributed by atoms with Gasteiger partial charge in [0, 0.05) is 12.8 Å². The van der Waals surface area contributed by atoms with E-state index in [9.17, 15) is 4.79 Å². The van der Waals surface area contributed by atoms with Crippen LogP contribution in [0.2, 0.25) is 0 Å². The van der Waals surface area contributed by atoms with E-state index in [1.165, 1.54) is 11.1 Å². The molecule has 1 N–H and O–H groups in total. The lowest BCUT2D eigenvalue weighted by atomic mass is 9.96. The first-order chi connectivity index (χ1) is 15.7. The molecule has 32 heavy (non-hydrogen) atoms. The molecule has 0 saturated heterocycles. The molecule has 5 heteroatoms. The molecule has 1 heterocycles. The average Bonchev–Trinajstić information content (AvgIpc) is 3.28. The minimum atomic E-state index is -0.452. The van der Waals surface area contributed by atoms with E-state index in [-0.39, 0.29) is 18.8 Å². The fourth-order valence-electron chi connectivity index (χ4n) is 3.77. The summed E-state index contributed by atoms with van der Waals surface area (Å²) in [5.41, 5.74) is 5.42. The van der Waals surface area contributed by atoms with Crippen LogP contribution in [-0.4, -0.2) is 24.0 Å². The minimum Gasteiger partial charge on any atom is -0.445 e. The topological polar surface area (TPSA) is 59.9 Å². The zero-order chi connectivity index (χ0) is 22.2. The number of benzene rings is 3. The fraction of sp³-hybridized carbons (Fsp3) is 0.259. The maximum Gasteiger partial charge on any atom is 0.407 e. The summed E-state index contributed by atoms with van der Waals surface area (Å²) in [7, 11) is 0. The van der Waals surface area contributed by atoms with Crippen LogP contribution in [0.5, 0.6) is 0 Å². The van der Waals surface area contributed by atoms with Crippen LogP contribution < -0.4 is 5.32 Å². The van der Waals surface area contributed by atoms with Crippen molar-refractivity contribution >= 4 is 11.8 Å². The fourth-order valence-corrected chi connectivity index (χ4v) is 3.77. The van der Waals surface area contributed by atoms with Crippen LogP contribution >= 0.6 is 0 Å². The molecule has 164 valence electrons. The summed E-state index contributed by atoms with van der Waals surface area (Å²) in [4.78, 5) is 18.4. The Morgan fingerprint density at radius 1 is 0.969 bits per heavy atom. The summed E-state index contributed by atoms with van der Waals surface area (Å²) in [6.45, 7) is 2.26. The second kappa shape index (κ2) is 10.6. The smallest absolute Gasteiger partial charge is 0.407 e. The van der Waals surface area contributed by atoms with Crippen molar-refractivity contribution in [1.29, 1.82) is 0 Å². The first kappa shape index (κ1) is 21.6. The number of oxime groups is 1. The highest BCUT2D eigenvalue weighted by molar-refractivity contribution is 5.87. The summed E-state index contributed by atoms with van der Waals surface area (Å²) in [6.07, 6.45) is 1.37. The molecular weight excluding hydrogens is 400 g/mol. The van der Waals surface area contributed by atoms with Gasteiger partial charge in [0.2, 0.25) is 0 Å². The van der Waals surface area contributed by atoms with E-state index in [2.05, 4.69) is 22.6 Å². The summed E-state index contributed by atoms with van der Waals surface area (Å²) in [5, 5.41) is 7.32. The Labute approximate surface area is 189 Å². The lowest BCUT2D eigenvalue weighted by Crippen LogP contribution is -2.45. The Balaban J connectivity index is 1.37. The van der Waals surface area contributed by atoms with Crippen molar-refractivity contribution in [2.24, 2.45) is 5.16 Å². The van der Waals surface area contributed by atoms with Gasteiger partial charge in [-0.05, 0) is 30.0 Å². The Kier molecular flexibility index (Phi) is 7.18. The molecule has 1 aliphatic rings. The number of carbonyl (C=O) groups excluding carboxylic acids is 1. The molecule has 4 rings (SSSR count). The number of ether oxygens (including phenoxy) is 1. The zero-order valence-corrected chi connectivity index (χ0v) is 18.2. The first-order valence-corrected chi connectivity index (χ1v) is 10.9. The second-order valence-electron chi connectivity index (χ2n) is 8.17. The molecule has 2 unspecified atom stereocenters. The van der Waals surface area contributed by atoms with Crippen molar-refractivity contribution in [2.45, 2.75) is 44.9 Å². The van der Waals surface area contributed by atoms with Crippen molar-refractivity contribution in [3.8, 4) is 0 Å². The molecule has 0 aliphatic carbocycles. The van der Waals surface area contributed by atoms with Gasteiger partial charge in [-0.3, -0.25) is 0 Å². The highest BCUT2D eigenvalue weighted by atomic mass is 16.6. The van der Waals surface area contributed by atoms with Crippen molar-refractivity contribution in [1.82, 2.24) is 5.32 Å². The van der Waals surface area contributed by atoms with Gasteiger partial charge in [0.25, 0.3) is 0 Å². The summed E-state index contributed by atoms with van der Waals surface area (Å²) in [5.74, 6) is 0. The van der Waals surface area contributed by atoms with Crippen LogP contribution in [-0.2, 0) is 29.0 Å². The SMILES string of the molecule is Cc1ccc(COC(=O)NC(Cc2ccccc2)C2CC(Cc3ccccc3)=NO2)cc1. The standard InChI is InChI=1S/C27H28N2O3/c1-20-12-14-23(15-13-20)19-31-27(30)28-25(17-22-10-6-3-7-11-22)26-18-24(29-32-26)16-21-8-4-2-5-9-21/h2-15,25-26H,16-19H2,1H3,(H,28,30). The van der Waals surface area contributed by atoms with Crippen molar-refractivity contribution in [3.05, 3.63) is 107 Å². The molecular formula is C27H28N2O3. The number of aryl methyl sites for hydroxylation is 1. The molecule has 0 radical (unpaired) electrons. The van der Waals surface area contributed by atoms with Crippen LogP contribution in [0.4, 0.5) is 4.79 Å². The van der Waals surface area contributed by atoms with Gasteiger partial charge in [0.1, 0.15) is 6.61 Å². The number of nitrogens with zero attached hydrogens (tertiary/aromatic N) is 1. The molecule has 3 aromatic carbocycles. The van der Waals surface area contributed by atoms with E-state index < -0.39 is 6.09 Å². The molecule has 0 spiro atoms. The maximum absolute atomic E-state index is 12.6. The van der Waals surface area contributed by atoms with Gasteiger partial charge >= 0.3 is 6.09 Å². The first-order valence-electron chi connectivity index (χ1n) is 10.9. The van der Waals surface area contributed by atoms with E-state index in [1.807, 2.05) is 79.7 Å². The Morgan fingerprint density at radius 3 is 2.31 bits per heavy atom. The average molecular weight is 429 g/mol. The molecule has 1 amide bonds. The van der Waals surface area contributed by atoms with E-state index >= 15 is 0 Å². The molecule has 0 saturated carbocycles. The van der Waals surface area contributed by atoms with Gasteiger partial charge in [0.05, 0.1) is 11.8 Å². The molecule has 0 fully saturated rings. The lowest BCUT2D eigenvalue weighted by molar-refractivity contribution is 0.0509. The summed E-state index contributed by atoms with van der Waals surface area (Å²) in [6, 6.07) is 28.0. The Morgan fingerprint density at radius 2 is 1.62 bits per heavy atom.